The molecule has 6 heteroatoms. The van der Waals surface area contributed by atoms with Crippen LogP contribution in [0.3, 0.4) is 0 Å². The van der Waals surface area contributed by atoms with E-state index in [4.69, 9.17) is 0 Å². The Morgan fingerprint density at radius 2 is 1.90 bits per heavy atom. The maximum absolute atomic E-state index is 9.57. The van der Waals surface area contributed by atoms with Gasteiger partial charge in [0.1, 0.15) is 5.52 Å². The highest BCUT2D eigenvalue weighted by Gasteiger charge is 2.28. The average molecular weight is 292 g/mol. The first kappa shape index (κ1) is 15.7. The van der Waals surface area contributed by atoms with Gasteiger partial charge in [0.15, 0.2) is 5.82 Å². The van der Waals surface area contributed by atoms with Crippen LogP contribution in [0.4, 0.5) is 5.82 Å². The summed E-state index contributed by atoms with van der Waals surface area (Å²) in [6.07, 6.45) is 4.04. The minimum absolute atomic E-state index is 0.0565. The van der Waals surface area contributed by atoms with Crippen molar-refractivity contribution in [1.29, 1.82) is 0 Å². The minimum atomic E-state index is -0.777. The molecule has 116 valence electrons. The second-order valence-electron chi connectivity index (χ2n) is 6.46. The van der Waals surface area contributed by atoms with E-state index in [1.165, 1.54) is 0 Å². The number of aliphatic hydroxyl groups excluding tert-OH is 2. The van der Waals surface area contributed by atoms with E-state index < -0.39 is 5.54 Å². The Labute approximate surface area is 124 Å². The fourth-order valence-corrected chi connectivity index (χ4v) is 2.08. The molecule has 0 unspecified atom stereocenters. The molecule has 0 atom stereocenters. The second kappa shape index (κ2) is 5.61. The summed E-state index contributed by atoms with van der Waals surface area (Å²) in [6, 6.07) is 1.99. The number of nitrogens with zero attached hydrogens (tertiary/aromatic N) is 3. The monoisotopic (exact) mass is 292 g/mol. The van der Waals surface area contributed by atoms with E-state index in [9.17, 15) is 10.2 Å². The predicted molar refractivity (Wildman–Crippen MR) is 82.5 cm³/mol. The molecule has 0 aliphatic heterocycles. The van der Waals surface area contributed by atoms with Crippen molar-refractivity contribution in [3.05, 3.63) is 24.2 Å². The van der Waals surface area contributed by atoms with Crippen molar-refractivity contribution in [2.45, 2.75) is 45.1 Å². The Bertz CT molecular complexity index is 603. The fraction of sp³-hybridized carbons (Fsp3) is 0.600. The third-order valence-corrected chi connectivity index (χ3v) is 3.82. The molecule has 0 bridgehead atoms. The van der Waals surface area contributed by atoms with Crippen molar-refractivity contribution in [2.24, 2.45) is 0 Å². The van der Waals surface area contributed by atoms with Gasteiger partial charge in [-0.15, -0.1) is 0 Å². The number of hydrogen-bond donors (Lipinski definition) is 3. The number of nitrogens with one attached hydrogen (secondary N) is 1. The van der Waals surface area contributed by atoms with E-state index in [1.807, 2.05) is 13.0 Å². The average Bonchev–Trinajstić information content (AvgIpc) is 2.90. The maximum Gasteiger partial charge on any atom is 0.152 e. The van der Waals surface area contributed by atoms with E-state index in [2.05, 4.69) is 36.2 Å². The highest BCUT2D eigenvalue weighted by Crippen LogP contribution is 2.26. The largest absolute Gasteiger partial charge is 0.394 e. The van der Waals surface area contributed by atoms with E-state index >= 15 is 0 Å². The fourth-order valence-electron chi connectivity index (χ4n) is 2.08. The molecule has 0 radical (unpaired) electrons. The molecule has 0 saturated carbocycles. The van der Waals surface area contributed by atoms with Crippen molar-refractivity contribution in [3.63, 3.8) is 0 Å². The van der Waals surface area contributed by atoms with Gasteiger partial charge in [-0.2, -0.15) is 5.10 Å². The lowest BCUT2D eigenvalue weighted by molar-refractivity contribution is 0.132. The van der Waals surface area contributed by atoms with Crippen molar-refractivity contribution in [2.75, 3.05) is 18.5 Å². The minimum Gasteiger partial charge on any atom is -0.394 e. The first-order valence-corrected chi connectivity index (χ1v) is 7.20. The van der Waals surface area contributed by atoms with Crippen LogP contribution in [-0.4, -0.2) is 43.6 Å². The maximum atomic E-state index is 9.57. The van der Waals surface area contributed by atoms with Crippen LogP contribution < -0.4 is 5.32 Å². The van der Waals surface area contributed by atoms with Crippen LogP contribution in [0.2, 0.25) is 0 Å². The van der Waals surface area contributed by atoms with Gasteiger partial charge in [0.2, 0.25) is 0 Å². The number of anilines is 1. The highest BCUT2D eigenvalue weighted by atomic mass is 16.3. The molecule has 0 amide bonds. The Morgan fingerprint density at radius 3 is 2.43 bits per heavy atom. The van der Waals surface area contributed by atoms with Gasteiger partial charge < -0.3 is 15.5 Å². The van der Waals surface area contributed by atoms with Gasteiger partial charge in [-0.25, -0.2) is 9.50 Å². The van der Waals surface area contributed by atoms with E-state index in [0.717, 1.165) is 11.2 Å². The zero-order chi connectivity index (χ0) is 15.7. The molecule has 0 saturated heterocycles. The number of hydrogen-bond acceptors (Lipinski definition) is 5. The molecule has 2 aromatic heterocycles. The zero-order valence-corrected chi connectivity index (χ0v) is 13.1. The molecule has 2 rings (SSSR count). The Balaban J connectivity index is 2.47. The van der Waals surface area contributed by atoms with Gasteiger partial charge in [0.05, 0.1) is 24.4 Å². The van der Waals surface area contributed by atoms with Gasteiger partial charge in [0, 0.05) is 17.8 Å². The van der Waals surface area contributed by atoms with Gasteiger partial charge in [-0.3, -0.25) is 0 Å². The summed E-state index contributed by atoms with van der Waals surface area (Å²) in [5, 5.41) is 26.9. The molecule has 3 N–H and O–H groups in total. The van der Waals surface area contributed by atoms with Crippen molar-refractivity contribution in [3.8, 4) is 0 Å². The van der Waals surface area contributed by atoms with Crippen LogP contribution in [-0.2, 0) is 5.41 Å². The molecule has 0 fully saturated rings. The Hall–Kier alpha value is -1.66. The first-order valence-electron chi connectivity index (χ1n) is 7.20. The normalized spacial score (nSPS) is 12.9. The van der Waals surface area contributed by atoms with Gasteiger partial charge >= 0.3 is 0 Å². The van der Waals surface area contributed by atoms with Crippen molar-refractivity contribution < 1.29 is 10.2 Å². The molecule has 0 spiro atoms. The molecule has 21 heavy (non-hydrogen) atoms. The van der Waals surface area contributed by atoms with Crippen molar-refractivity contribution in [1.82, 2.24) is 14.6 Å². The van der Waals surface area contributed by atoms with Crippen LogP contribution in [0.5, 0.6) is 0 Å². The quantitative estimate of drug-likeness (QED) is 0.779. The molecule has 2 heterocycles. The summed E-state index contributed by atoms with van der Waals surface area (Å²) < 4.78 is 1.77. The second-order valence-corrected chi connectivity index (χ2v) is 6.46. The van der Waals surface area contributed by atoms with Crippen molar-refractivity contribution >= 4 is 11.3 Å². The summed E-state index contributed by atoms with van der Waals surface area (Å²) in [7, 11) is 0. The lowest BCUT2D eigenvalue weighted by Crippen LogP contribution is -2.45. The lowest BCUT2D eigenvalue weighted by atomic mass is 9.92. The van der Waals surface area contributed by atoms with E-state index in [-0.39, 0.29) is 18.6 Å². The number of aromatic nitrogens is 3. The molecular formula is C15H24N4O2. The number of rotatable bonds is 5. The lowest BCUT2D eigenvalue weighted by Gasteiger charge is -2.30. The smallest absolute Gasteiger partial charge is 0.152 e. The highest BCUT2D eigenvalue weighted by molar-refractivity contribution is 5.69. The van der Waals surface area contributed by atoms with Crippen LogP contribution in [0.25, 0.3) is 5.52 Å². The summed E-state index contributed by atoms with van der Waals surface area (Å²) in [5.74, 6) is 0.616. The molecular weight excluding hydrogens is 268 g/mol. The zero-order valence-electron chi connectivity index (χ0n) is 13.1. The summed E-state index contributed by atoms with van der Waals surface area (Å²) in [5.41, 5.74) is 0.968. The molecule has 0 aromatic carbocycles. The Kier molecular flexibility index (Phi) is 4.20. The van der Waals surface area contributed by atoms with Crippen LogP contribution >= 0.6 is 0 Å². The summed E-state index contributed by atoms with van der Waals surface area (Å²) >= 11 is 0. The molecule has 6 nitrogen and oxygen atoms in total. The third kappa shape index (κ3) is 3.01. The number of aliphatic hydroxyl groups is 2. The molecule has 0 aliphatic carbocycles. The standard InChI is InChI=1S/C15H24N4O2/c1-5-15(9-20,10-21)17-13-11-8-12(14(2,3)4)18-19(11)7-6-16-13/h6-8,20-21H,5,9-10H2,1-4H3,(H,16,17). The third-order valence-electron chi connectivity index (χ3n) is 3.82. The number of fused-ring (bicyclic) bond motifs is 1. The van der Waals surface area contributed by atoms with E-state index in [1.54, 1.807) is 16.9 Å². The SMILES string of the molecule is CCC(CO)(CO)Nc1nccn2nc(C(C)(C)C)cc12. The molecule has 2 aromatic rings. The van der Waals surface area contributed by atoms with Crippen LogP contribution in [0.1, 0.15) is 39.8 Å². The van der Waals surface area contributed by atoms with Crippen LogP contribution in [0, 0.1) is 0 Å². The molecule has 0 aliphatic rings. The van der Waals surface area contributed by atoms with Gasteiger partial charge in [-0.05, 0) is 12.5 Å². The first-order chi connectivity index (χ1) is 9.85. The van der Waals surface area contributed by atoms with Crippen LogP contribution in [0.15, 0.2) is 18.5 Å². The van der Waals surface area contributed by atoms with Gasteiger partial charge in [0.25, 0.3) is 0 Å². The van der Waals surface area contributed by atoms with E-state index in [0.29, 0.717) is 12.2 Å². The topological polar surface area (TPSA) is 82.7 Å². The predicted octanol–water partition coefficient (Wildman–Crippen LogP) is 1.57. The summed E-state index contributed by atoms with van der Waals surface area (Å²) in [6.45, 7) is 7.90. The summed E-state index contributed by atoms with van der Waals surface area (Å²) in [4.78, 5) is 4.34. The Morgan fingerprint density at radius 1 is 1.24 bits per heavy atom. The van der Waals surface area contributed by atoms with Gasteiger partial charge in [-0.1, -0.05) is 27.7 Å².